The lowest BCUT2D eigenvalue weighted by molar-refractivity contribution is -0.151. The first kappa shape index (κ1) is 17.1. The summed E-state index contributed by atoms with van der Waals surface area (Å²) < 4.78 is 49.9. The molecule has 0 unspecified atom stereocenters. The number of halogens is 3. The van der Waals surface area contributed by atoms with Crippen LogP contribution in [-0.2, 0) is 25.2 Å². The van der Waals surface area contributed by atoms with Gasteiger partial charge in [-0.1, -0.05) is 18.2 Å². The summed E-state index contributed by atoms with van der Waals surface area (Å²) in [5.41, 5.74) is -1.69. The Morgan fingerprint density at radius 3 is 2.88 bits per heavy atom. The normalized spacial score (nSPS) is 32.2. The first-order chi connectivity index (χ1) is 12.3. The molecule has 26 heavy (non-hydrogen) atoms. The molecule has 1 spiro atoms. The van der Waals surface area contributed by atoms with Crippen LogP contribution in [0, 0.1) is 11.8 Å². The van der Waals surface area contributed by atoms with Gasteiger partial charge in [-0.2, -0.15) is 13.2 Å². The Balaban J connectivity index is 1.68. The van der Waals surface area contributed by atoms with E-state index in [-0.39, 0.29) is 18.8 Å². The van der Waals surface area contributed by atoms with Gasteiger partial charge < -0.3 is 14.4 Å². The maximum atomic E-state index is 13.0. The van der Waals surface area contributed by atoms with Crippen LogP contribution in [0.2, 0.25) is 0 Å². The zero-order valence-corrected chi connectivity index (χ0v) is 13.8. The van der Waals surface area contributed by atoms with E-state index in [4.69, 9.17) is 9.47 Å². The number of carbonyl (C=O) groups excluding carboxylic acids is 2. The highest BCUT2D eigenvalue weighted by molar-refractivity contribution is 6.02. The molecule has 0 radical (unpaired) electrons. The molecule has 8 heteroatoms. The molecule has 0 N–H and O–H groups in total. The summed E-state index contributed by atoms with van der Waals surface area (Å²) in [7, 11) is 0. The zero-order chi connectivity index (χ0) is 18.7. The van der Waals surface area contributed by atoms with Crippen LogP contribution in [-0.4, -0.2) is 36.7 Å². The smallest absolute Gasteiger partial charge is 0.416 e. The maximum Gasteiger partial charge on any atom is 0.416 e. The summed E-state index contributed by atoms with van der Waals surface area (Å²) >= 11 is 0. The van der Waals surface area contributed by atoms with Crippen LogP contribution in [0.1, 0.15) is 12.5 Å². The van der Waals surface area contributed by atoms with Crippen LogP contribution in [0.5, 0.6) is 0 Å². The fourth-order valence-corrected chi connectivity index (χ4v) is 4.07. The van der Waals surface area contributed by atoms with Gasteiger partial charge in [-0.3, -0.25) is 9.59 Å². The van der Waals surface area contributed by atoms with Crippen molar-refractivity contribution in [2.45, 2.75) is 24.8 Å². The zero-order valence-electron chi connectivity index (χ0n) is 13.8. The molecule has 5 nitrogen and oxygen atoms in total. The Labute approximate surface area is 147 Å². The van der Waals surface area contributed by atoms with Crippen molar-refractivity contribution in [1.82, 2.24) is 0 Å². The van der Waals surface area contributed by atoms with Crippen molar-refractivity contribution in [2.24, 2.45) is 11.8 Å². The number of carbonyl (C=O) groups is 2. The van der Waals surface area contributed by atoms with Gasteiger partial charge in [-0.25, -0.2) is 0 Å². The summed E-state index contributed by atoms with van der Waals surface area (Å²) in [5, 5.41) is 0. The van der Waals surface area contributed by atoms with Crippen LogP contribution >= 0.6 is 0 Å². The number of ether oxygens (including phenoxy) is 2. The van der Waals surface area contributed by atoms with Crippen molar-refractivity contribution in [1.29, 1.82) is 0 Å². The highest BCUT2D eigenvalue weighted by Gasteiger charge is 2.67. The van der Waals surface area contributed by atoms with Gasteiger partial charge in [0.15, 0.2) is 0 Å². The minimum Gasteiger partial charge on any atom is -0.466 e. The van der Waals surface area contributed by atoms with E-state index < -0.39 is 47.2 Å². The highest BCUT2D eigenvalue weighted by atomic mass is 19.4. The molecule has 0 aliphatic carbocycles. The van der Waals surface area contributed by atoms with Crippen molar-refractivity contribution in [3.8, 4) is 0 Å². The molecule has 2 bridgehead atoms. The second-order valence-corrected chi connectivity index (χ2v) is 6.62. The van der Waals surface area contributed by atoms with E-state index in [0.29, 0.717) is 0 Å². The molecule has 1 amide bonds. The van der Waals surface area contributed by atoms with Gasteiger partial charge in [-0.05, 0) is 25.1 Å². The van der Waals surface area contributed by atoms with Crippen LogP contribution in [0.15, 0.2) is 36.4 Å². The van der Waals surface area contributed by atoms with Gasteiger partial charge in [0, 0.05) is 5.69 Å². The Morgan fingerprint density at radius 1 is 1.42 bits per heavy atom. The predicted molar refractivity (Wildman–Crippen MR) is 84.2 cm³/mol. The van der Waals surface area contributed by atoms with Crippen molar-refractivity contribution >= 4 is 17.6 Å². The number of hydrogen-bond donors (Lipinski definition) is 0. The minimum atomic E-state index is -4.50. The predicted octanol–water partition coefficient (Wildman–Crippen LogP) is 2.55. The quantitative estimate of drug-likeness (QED) is 0.609. The monoisotopic (exact) mass is 367 g/mol. The molecular weight excluding hydrogens is 351 g/mol. The number of benzene rings is 1. The van der Waals surface area contributed by atoms with Gasteiger partial charge in [0.1, 0.15) is 11.5 Å². The van der Waals surface area contributed by atoms with E-state index in [1.54, 1.807) is 19.1 Å². The number of fused-ring (bicyclic) bond motifs is 1. The van der Waals surface area contributed by atoms with Crippen molar-refractivity contribution in [3.63, 3.8) is 0 Å². The number of anilines is 1. The molecule has 1 aromatic rings. The van der Waals surface area contributed by atoms with E-state index in [1.165, 1.54) is 17.0 Å². The molecule has 4 rings (SSSR count). The molecule has 2 fully saturated rings. The fourth-order valence-electron chi connectivity index (χ4n) is 4.07. The second-order valence-electron chi connectivity index (χ2n) is 6.62. The molecule has 3 aliphatic heterocycles. The Bertz CT molecular complexity index is 806. The lowest BCUT2D eigenvalue weighted by atomic mass is 9.77. The van der Waals surface area contributed by atoms with E-state index in [9.17, 15) is 22.8 Å². The standard InChI is InChI=1S/C18H16F3NO4/c1-2-25-16(24)13-12-6-7-17(26-12)9-22(15(23)14(13)17)11-5-3-4-10(8-11)18(19,20)21/h3-8,12-14H,2,9H2,1H3/t12-,13+,14-,17+/m0/s1. The van der Waals surface area contributed by atoms with Gasteiger partial charge in [0.25, 0.3) is 0 Å². The van der Waals surface area contributed by atoms with Crippen LogP contribution < -0.4 is 4.90 Å². The summed E-state index contributed by atoms with van der Waals surface area (Å²) in [4.78, 5) is 26.5. The molecule has 0 aromatic heterocycles. The van der Waals surface area contributed by atoms with Gasteiger partial charge in [-0.15, -0.1) is 0 Å². The highest BCUT2D eigenvalue weighted by Crippen LogP contribution is 2.53. The third-order valence-corrected chi connectivity index (χ3v) is 5.14. The Kier molecular flexibility index (Phi) is 3.66. The first-order valence-electron chi connectivity index (χ1n) is 8.29. The van der Waals surface area contributed by atoms with Crippen LogP contribution in [0.25, 0.3) is 0 Å². The van der Waals surface area contributed by atoms with Gasteiger partial charge in [0.05, 0.1) is 30.7 Å². The first-order valence-corrected chi connectivity index (χ1v) is 8.29. The lowest BCUT2D eigenvalue weighted by Gasteiger charge is -2.22. The van der Waals surface area contributed by atoms with E-state index in [1.807, 2.05) is 0 Å². The number of esters is 1. The number of hydrogen-bond acceptors (Lipinski definition) is 4. The van der Waals surface area contributed by atoms with Gasteiger partial charge in [0.2, 0.25) is 5.91 Å². The number of alkyl halides is 3. The minimum absolute atomic E-state index is 0.0702. The topological polar surface area (TPSA) is 55.8 Å². The van der Waals surface area contributed by atoms with Crippen LogP contribution in [0.4, 0.5) is 18.9 Å². The SMILES string of the molecule is CCOC(=O)[C@@H]1[C@@H]2C=C[C@]3(CN(c4cccc(C(F)(F)F)c4)C(=O)[C@H]13)O2. The summed E-state index contributed by atoms with van der Waals surface area (Å²) in [5.74, 6) is -2.50. The average molecular weight is 367 g/mol. The number of rotatable bonds is 3. The van der Waals surface area contributed by atoms with E-state index in [0.717, 1.165) is 12.1 Å². The summed E-state index contributed by atoms with van der Waals surface area (Å²) in [6, 6.07) is 4.59. The Morgan fingerprint density at radius 2 is 2.19 bits per heavy atom. The molecule has 2 saturated heterocycles. The largest absolute Gasteiger partial charge is 0.466 e. The van der Waals surface area contributed by atoms with E-state index >= 15 is 0 Å². The third kappa shape index (κ3) is 2.35. The fraction of sp³-hybridized carbons (Fsp3) is 0.444. The van der Waals surface area contributed by atoms with E-state index in [2.05, 4.69) is 0 Å². The lowest BCUT2D eigenvalue weighted by Crippen LogP contribution is -2.40. The summed E-state index contributed by atoms with van der Waals surface area (Å²) in [6.45, 7) is 1.92. The molecular formula is C18H16F3NO4. The van der Waals surface area contributed by atoms with Gasteiger partial charge >= 0.3 is 12.1 Å². The summed E-state index contributed by atoms with van der Waals surface area (Å²) in [6.07, 6.45) is -1.58. The molecule has 3 aliphatic rings. The third-order valence-electron chi connectivity index (χ3n) is 5.14. The Hall–Kier alpha value is -2.35. The maximum absolute atomic E-state index is 13.0. The van der Waals surface area contributed by atoms with Crippen molar-refractivity contribution < 1.29 is 32.2 Å². The molecule has 4 atom stereocenters. The molecule has 0 saturated carbocycles. The van der Waals surface area contributed by atoms with Crippen LogP contribution in [0.3, 0.4) is 0 Å². The number of amides is 1. The molecule has 3 heterocycles. The van der Waals surface area contributed by atoms with Crippen molar-refractivity contribution in [3.05, 3.63) is 42.0 Å². The average Bonchev–Trinajstić information content (AvgIpc) is 3.23. The molecule has 1 aromatic carbocycles. The van der Waals surface area contributed by atoms with Crippen molar-refractivity contribution in [2.75, 3.05) is 18.1 Å². The second kappa shape index (κ2) is 5.57. The number of nitrogens with zero attached hydrogens (tertiary/aromatic N) is 1. The molecule has 138 valence electrons.